The number of carbonyl (C=O) groups is 1. The predicted octanol–water partition coefficient (Wildman–Crippen LogP) is 3.24. The van der Waals surface area contributed by atoms with Crippen molar-refractivity contribution in [3.05, 3.63) is 77.0 Å². The molecule has 7 rings (SSSR count). The topological polar surface area (TPSA) is 108 Å². The molecular formula is C26H22F2N6O3. The first-order chi connectivity index (χ1) is 19.0. The number of aromatic nitrogens is 4. The van der Waals surface area contributed by atoms with E-state index in [4.69, 9.17) is 19.3 Å². The molecule has 4 aromatic rings. The number of carbonyl (C=O) groups excluding carboxylic acids is 1. The first-order valence-corrected chi connectivity index (χ1v) is 11.7. The molecule has 11 heteroatoms. The Labute approximate surface area is 214 Å². The zero-order chi connectivity index (χ0) is 28.0. The van der Waals surface area contributed by atoms with Crippen LogP contribution in [0.2, 0.25) is 0 Å². The molecule has 2 N–H and O–H groups in total. The van der Waals surface area contributed by atoms with E-state index in [1.807, 2.05) is 6.07 Å². The van der Waals surface area contributed by atoms with E-state index in [0.717, 1.165) is 4.90 Å². The quantitative estimate of drug-likeness (QED) is 0.452. The lowest BCUT2D eigenvalue weighted by molar-refractivity contribution is -0.0592. The fourth-order valence-electron chi connectivity index (χ4n) is 5.55. The van der Waals surface area contributed by atoms with Gasteiger partial charge in [0.2, 0.25) is 0 Å². The standard InChI is InChI=1S/C26H22F2N6O3/c1-33-18-8-15(21-14(24(33)35)3-2-4-19(21)37-25(27)28)22-17-7-13(5-6-34(17)32-23(18)22)16-9-31-20(10-30-16)26(29)11-36-12-26/h2-7,9-10,15,18,25H,8,11-12,29H2,1H3/t15-,18-/m1/s1/i1D3. The molecular weight excluding hydrogens is 482 g/mol. The lowest BCUT2D eigenvalue weighted by Gasteiger charge is -2.36. The van der Waals surface area contributed by atoms with Crippen LogP contribution in [0.15, 0.2) is 48.9 Å². The molecule has 2 aliphatic heterocycles. The molecule has 1 aliphatic carbocycles. The number of pyridine rings is 1. The van der Waals surface area contributed by atoms with Crippen molar-refractivity contribution in [1.29, 1.82) is 0 Å². The predicted molar refractivity (Wildman–Crippen MR) is 127 cm³/mol. The lowest BCUT2D eigenvalue weighted by Crippen LogP contribution is -2.54. The number of benzene rings is 1. The molecule has 1 fully saturated rings. The number of rotatable bonds is 4. The van der Waals surface area contributed by atoms with E-state index in [2.05, 4.69) is 15.1 Å². The van der Waals surface area contributed by atoms with Crippen molar-refractivity contribution < 1.29 is 27.2 Å². The van der Waals surface area contributed by atoms with Gasteiger partial charge in [0.05, 0.1) is 54.2 Å². The van der Waals surface area contributed by atoms with Gasteiger partial charge in [-0.15, -0.1) is 0 Å². The van der Waals surface area contributed by atoms with Crippen LogP contribution in [0, 0.1) is 0 Å². The zero-order valence-electron chi connectivity index (χ0n) is 22.3. The Hall–Kier alpha value is -3.96. The van der Waals surface area contributed by atoms with E-state index in [0.29, 0.717) is 46.9 Å². The minimum atomic E-state index is -3.13. The van der Waals surface area contributed by atoms with Crippen LogP contribution in [0.5, 0.6) is 5.75 Å². The third-order valence-corrected chi connectivity index (χ3v) is 7.39. The van der Waals surface area contributed by atoms with Crippen molar-refractivity contribution in [2.24, 2.45) is 5.73 Å². The van der Waals surface area contributed by atoms with Crippen molar-refractivity contribution >= 4 is 11.4 Å². The average Bonchev–Trinajstić information content (AvgIpc) is 3.39. The number of hydrogen-bond donors (Lipinski definition) is 1. The van der Waals surface area contributed by atoms with Gasteiger partial charge in [0.1, 0.15) is 11.3 Å². The molecule has 0 unspecified atom stereocenters. The minimum Gasteiger partial charge on any atom is -0.434 e. The van der Waals surface area contributed by atoms with Crippen LogP contribution in [0.25, 0.3) is 16.8 Å². The summed E-state index contributed by atoms with van der Waals surface area (Å²) >= 11 is 0. The van der Waals surface area contributed by atoms with Crippen molar-refractivity contribution in [1.82, 2.24) is 24.5 Å². The molecule has 0 spiro atoms. The Morgan fingerprint density at radius 1 is 1.24 bits per heavy atom. The molecule has 2 atom stereocenters. The monoisotopic (exact) mass is 507 g/mol. The highest BCUT2D eigenvalue weighted by Crippen LogP contribution is 2.53. The molecule has 2 bridgehead atoms. The highest BCUT2D eigenvalue weighted by atomic mass is 19.3. The van der Waals surface area contributed by atoms with Gasteiger partial charge in [-0.3, -0.25) is 14.8 Å². The zero-order valence-corrected chi connectivity index (χ0v) is 19.3. The van der Waals surface area contributed by atoms with E-state index in [-0.39, 0.29) is 23.3 Å². The summed E-state index contributed by atoms with van der Waals surface area (Å²) in [5, 5.41) is 4.66. The van der Waals surface area contributed by atoms with Gasteiger partial charge in [-0.25, -0.2) is 4.52 Å². The number of nitrogens with zero attached hydrogens (tertiary/aromatic N) is 5. The Morgan fingerprint density at radius 2 is 2.11 bits per heavy atom. The summed E-state index contributed by atoms with van der Waals surface area (Å²) < 4.78 is 62.8. The van der Waals surface area contributed by atoms with Crippen molar-refractivity contribution in [3.8, 4) is 17.0 Å². The van der Waals surface area contributed by atoms with Crippen LogP contribution in [0.4, 0.5) is 8.78 Å². The Kier molecular flexibility index (Phi) is 4.03. The molecule has 3 aliphatic rings. The minimum absolute atomic E-state index is 0.0140. The van der Waals surface area contributed by atoms with E-state index in [1.165, 1.54) is 18.2 Å². The van der Waals surface area contributed by atoms with Crippen molar-refractivity contribution in [2.75, 3.05) is 20.2 Å². The van der Waals surface area contributed by atoms with Gasteiger partial charge in [0.25, 0.3) is 5.91 Å². The lowest BCUT2D eigenvalue weighted by atomic mass is 9.88. The molecule has 9 nitrogen and oxygen atoms in total. The van der Waals surface area contributed by atoms with Crippen LogP contribution in [-0.2, 0) is 10.3 Å². The van der Waals surface area contributed by atoms with Gasteiger partial charge in [0.15, 0.2) is 0 Å². The highest BCUT2D eigenvalue weighted by Gasteiger charge is 2.46. The maximum absolute atomic E-state index is 13.6. The molecule has 0 saturated carbocycles. The van der Waals surface area contributed by atoms with Gasteiger partial charge in [-0.05, 0) is 30.7 Å². The largest absolute Gasteiger partial charge is 0.434 e. The number of nitrogens with two attached hydrogens (primary N) is 1. The van der Waals surface area contributed by atoms with E-state index < -0.39 is 37.0 Å². The molecule has 1 aromatic carbocycles. The summed E-state index contributed by atoms with van der Waals surface area (Å²) in [4.78, 5) is 23.4. The van der Waals surface area contributed by atoms with E-state index in [9.17, 15) is 13.6 Å². The Morgan fingerprint density at radius 3 is 2.81 bits per heavy atom. The second-order valence-corrected chi connectivity index (χ2v) is 9.56. The summed E-state index contributed by atoms with van der Waals surface area (Å²) in [6, 6.07) is 6.96. The number of hydrogen-bond acceptors (Lipinski definition) is 7. The number of ether oxygens (including phenoxy) is 2. The molecule has 5 heterocycles. The second-order valence-electron chi connectivity index (χ2n) is 9.56. The van der Waals surface area contributed by atoms with E-state index in [1.54, 1.807) is 29.2 Å². The average molecular weight is 508 g/mol. The third kappa shape index (κ3) is 3.20. The van der Waals surface area contributed by atoms with Crippen LogP contribution >= 0.6 is 0 Å². The highest BCUT2D eigenvalue weighted by molar-refractivity contribution is 5.98. The van der Waals surface area contributed by atoms with Gasteiger partial charge in [-0.2, -0.15) is 13.9 Å². The maximum atomic E-state index is 13.6. The molecule has 3 aromatic heterocycles. The summed E-state index contributed by atoms with van der Waals surface area (Å²) in [7, 11) is 0. The van der Waals surface area contributed by atoms with Gasteiger partial charge in [-0.1, -0.05) is 6.07 Å². The molecule has 188 valence electrons. The summed E-state index contributed by atoms with van der Waals surface area (Å²) in [6.07, 6.45) is 5.10. The second kappa shape index (κ2) is 7.77. The number of amides is 1. The van der Waals surface area contributed by atoms with Crippen molar-refractivity contribution in [3.63, 3.8) is 0 Å². The third-order valence-electron chi connectivity index (χ3n) is 7.39. The van der Waals surface area contributed by atoms with Crippen molar-refractivity contribution in [2.45, 2.75) is 30.5 Å². The van der Waals surface area contributed by atoms with Crippen LogP contribution in [-0.4, -0.2) is 57.2 Å². The number of halogens is 2. The summed E-state index contributed by atoms with van der Waals surface area (Å²) in [5.41, 5.74) is 9.44. The van der Waals surface area contributed by atoms with Gasteiger partial charge in [0, 0.05) is 45.5 Å². The number of fused-ring (bicyclic) bond motifs is 9. The van der Waals surface area contributed by atoms with Gasteiger partial charge < -0.3 is 20.1 Å². The normalized spacial score (nSPS) is 23.1. The fraction of sp³-hybridized carbons (Fsp3) is 0.308. The summed E-state index contributed by atoms with van der Waals surface area (Å²) in [5.74, 6) is -1.56. The Bertz CT molecular complexity index is 1670. The van der Waals surface area contributed by atoms with Gasteiger partial charge >= 0.3 is 6.61 Å². The summed E-state index contributed by atoms with van der Waals surface area (Å²) in [6.45, 7) is -5.19. The van der Waals surface area contributed by atoms with Crippen LogP contribution in [0.1, 0.15) is 55.4 Å². The van der Waals surface area contributed by atoms with E-state index >= 15 is 0 Å². The first kappa shape index (κ1) is 19.2. The fourth-order valence-corrected chi connectivity index (χ4v) is 5.55. The molecule has 1 saturated heterocycles. The Balaban J connectivity index is 1.40. The maximum Gasteiger partial charge on any atom is 0.387 e. The molecule has 37 heavy (non-hydrogen) atoms. The SMILES string of the molecule is [2H]C([2H])([2H])N1C(=O)c2cccc(OC(F)F)c2[C@H]2C[C@@H]1c1nn3ccc(-c4cnc(C5(N)COC5)cn4)cc3c12. The van der Waals surface area contributed by atoms with Crippen LogP contribution < -0.4 is 10.5 Å². The molecule has 1 amide bonds. The molecule has 0 radical (unpaired) electrons. The van der Waals surface area contributed by atoms with Crippen LogP contribution in [0.3, 0.4) is 0 Å². The first-order valence-electron chi connectivity index (χ1n) is 13.2. The smallest absolute Gasteiger partial charge is 0.387 e. The number of alkyl halides is 2.